The lowest BCUT2D eigenvalue weighted by atomic mass is 10.5. The molecule has 0 aliphatic rings. The van der Waals surface area contributed by atoms with Gasteiger partial charge in [0.25, 0.3) is 0 Å². The van der Waals surface area contributed by atoms with Crippen LogP contribution in [0, 0.1) is 0 Å². The lowest BCUT2D eigenvalue weighted by Gasteiger charge is -2.05. The fourth-order valence-corrected chi connectivity index (χ4v) is 0.658. The summed E-state index contributed by atoms with van der Waals surface area (Å²) in [7, 11) is 0. The topological polar surface area (TPSA) is 67.8 Å². The van der Waals surface area contributed by atoms with Crippen LogP contribution in [0.1, 0.15) is 13.3 Å². The van der Waals surface area contributed by atoms with Crippen LogP contribution >= 0.6 is 0 Å². The van der Waals surface area contributed by atoms with E-state index in [0.717, 1.165) is 0 Å². The lowest BCUT2D eigenvalue weighted by Crippen LogP contribution is -2.27. The highest BCUT2D eigenvalue weighted by molar-refractivity contribution is 5.66. The Hall–Kier alpha value is -0.810. The first-order chi connectivity index (χ1) is 6.31. The van der Waals surface area contributed by atoms with E-state index in [2.05, 4.69) is 5.32 Å². The summed E-state index contributed by atoms with van der Waals surface area (Å²) in [4.78, 5) is 10.8. The third-order valence-corrected chi connectivity index (χ3v) is 1.27. The minimum Gasteiger partial charge on any atom is -0.447 e. The zero-order valence-corrected chi connectivity index (χ0v) is 7.91. The number of carbonyl (C=O) groups is 1. The number of hydrogen-bond acceptors (Lipinski definition) is 4. The molecule has 1 amide bonds. The Morgan fingerprint density at radius 2 is 2.23 bits per heavy atom. The van der Waals surface area contributed by atoms with E-state index in [9.17, 15) is 4.79 Å². The maximum absolute atomic E-state index is 10.8. The van der Waals surface area contributed by atoms with Crippen LogP contribution in [0.2, 0.25) is 0 Å². The number of aliphatic hydroxyl groups excluding tert-OH is 1. The molecule has 0 spiro atoms. The summed E-state index contributed by atoms with van der Waals surface area (Å²) in [5, 5.41) is 10.9. The summed E-state index contributed by atoms with van der Waals surface area (Å²) in [6, 6.07) is 0. The molecule has 0 fully saturated rings. The lowest BCUT2D eigenvalue weighted by molar-refractivity contribution is 0.0787. The third kappa shape index (κ3) is 9.10. The number of amides is 1. The summed E-state index contributed by atoms with van der Waals surface area (Å²) >= 11 is 0. The Balaban J connectivity index is 3.11. The number of hydrogen-bond donors (Lipinski definition) is 2. The molecule has 0 atom stereocenters. The molecular formula is C8H17NO4. The monoisotopic (exact) mass is 191 g/mol. The highest BCUT2D eigenvalue weighted by Gasteiger charge is 1.99. The number of aliphatic hydroxyl groups is 1. The van der Waals surface area contributed by atoms with Crippen LogP contribution in [0.15, 0.2) is 0 Å². The van der Waals surface area contributed by atoms with Gasteiger partial charge < -0.3 is 19.9 Å². The molecule has 0 rings (SSSR count). The van der Waals surface area contributed by atoms with Crippen molar-refractivity contribution in [2.24, 2.45) is 0 Å². The van der Waals surface area contributed by atoms with Crippen molar-refractivity contribution in [1.29, 1.82) is 0 Å². The van der Waals surface area contributed by atoms with Crippen molar-refractivity contribution >= 4 is 6.09 Å². The van der Waals surface area contributed by atoms with Crippen LogP contribution in [-0.4, -0.2) is 44.2 Å². The van der Waals surface area contributed by atoms with Gasteiger partial charge in [-0.15, -0.1) is 0 Å². The summed E-state index contributed by atoms with van der Waals surface area (Å²) in [6.07, 6.45) is 0.0775. The average Bonchev–Trinajstić information content (AvgIpc) is 2.13. The Kier molecular flexibility index (Phi) is 8.70. The van der Waals surface area contributed by atoms with E-state index >= 15 is 0 Å². The van der Waals surface area contributed by atoms with Crippen molar-refractivity contribution in [3.05, 3.63) is 0 Å². The fraction of sp³-hybridized carbons (Fsp3) is 0.875. The molecule has 2 N–H and O–H groups in total. The number of ether oxygens (including phenoxy) is 2. The fourth-order valence-electron chi connectivity index (χ4n) is 0.658. The molecule has 13 heavy (non-hydrogen) atoms. The molecule has 0 bridgehead atoms. The molecular weight excluding hydrogens is 174 g/mol. The number of rotatable bonds is 7. The first-order valence-electron chi connectivity index (χ1n) is 4.40. The van der Waals surface area contributed by atoms with Gasteiger partial charge in [-0.05, 0) is 13.3 Å². The maximum Gasteiger partial charge on any atom is 0.407 e. The Bertz CT molecular complexity index is 129. The number of carbonyl (C=O) groups excluding carboxylic acids is 1. The SMILES string of the molecule is CCOCCOC(=O)NCCCO. The van der Waals surface area contributed by atoms with Crippen LogP contribution in [0.3, 0.4) is 0 Å². The first-order valence-corrected chi connectivity index (χ1v) is 4.40. The van der Waals surface area contributed by atoms with Gasteiger partial charge in [0, 0.05) is 19.8 Å². The molecule has 0 aromatic carbocycles. The molecule has 0 aliphatic carbocycles. The van der Waals surface area contributed by atoms with Crippen molar-refractivity contribution in [2.75, 3.05) is 33.0 Å². The van der Waals surface area contributed by atoms with Crippen molar-refractivity contribution < 1.29 is 19.4 Å². The quantitative estimate of drug-likeness (QED) is 0.561. The van der Waals surface area contributed by atoms with Crippen molar-refractivity contribution in [2.45, 2.75) is 13.3 Å². The molecule has 0 saturated carbocycles. The van der Waals surface area contributed by atoms with Crippen LogP contribution < -0.4 is 5.32 Å². The van der Waals surface area contributed by atoms with E-state index in [1.807, 2.05) is 6.92 Å². The van der Waals surface area contributed by atoms with Gasteiger partial charge >= 0.3 is 6.09 Å². The molecule has 0 saturated heterocycles. The van der Waals surface area contributed by atoms with Crippen LogP contribution in [-0.2, 0) is 9.47 Å². The molecule has 5 nitrogen and oxygen atoms in total. The third-order valence-electron chi connectivity index (χ3n) is 1.27. The molecule has 0 aromatic heterocycles. The predicted octanol–water partition coefficient (Wildman–Crippen LogP) is 0.132. The normalized spacial score (nSPS) is 9.69. The molecule has 5 heteroatoms. The Morgan fingerprint density at radius 3 is 2.85 bits per heavy atom. The van der Waals surface area contributed by atoms with E-state index < -0.39 is 6.09 Å². The van der Waals surface area contributed by atoms with Crippen molar-refractivity contribution in [3.63, 3.8) is 0 Å². The highest BCUT2D eigenvalue weighted by Crippen LogP contribution is 1.81. The number of alkyl carbamates (subject to hydrolysis) is 1. The standard InChI is InChI=1S/C8H17NO4/c1-2-12-6-7-13-8(11)9-4-3-5-10/h10H,2-7H2,1H3,(H,9,11). The van der Waals surface area contributed by atoms with E-state index in [0.29, 0.717) is 26.2 Å². The van der Waals surface area contributed by atoms with Gasteiger partial charge in [-0.2, -0.15) is 0 Å². The summed E-state index contributed by atoms with van der Waals surface area (Å²) < 4.78 is 9.70. The molecule has 0 heterocycles. The van der Waals surface area contributed by atoms with Gasteiger partial charge in [0.15, 0.2) is 0 Å². The summed E-state index contributed by atoms with van der Waals surface area (Å²) in [5.74, 6) is 0. The van der Waals surface area contributed by atoms with Crippen LogP contribution in [0.4, 0.5) is 4.79 Å². The minimum atomic E-state index is -0.465. The zero-order chi connectivity index (χ0) is 9.94. The van der Waals surface area contributed by atoms with E-state index in [4.69, 9.17) is 14.6 Å². The number of nitrogens with one attached hydrogen (secondary N) is 1. The smallest absolute Gasteiger partial charge is 0.407 e. The molecule has 0 aliphatic heterocycles. The molecule has 0 unspecified atom stereocenters. The van der Waals surface area contributed by atoms with E-state index in [1.165, 1.54) is 0 Å². The van der Waals surface area contributed by atoms with Crippen molar-refractivity contribution in [1.82, 2.24) is 5.32 Å². The largest absolute Gasteiger partial charge is 0.447 e. The minimum absolute atomic E-state index is 0.0687. The Morgan fingerprint density at radius 1 is 1.46 bits per heavy atom. The van der Waals surface area contributed by atoms with Crippen molar-refractivity contribution in [3.8, 4) is 0 Å². The van der Waals surface area contributed by atoms with Gasteiger partial charge in [0.1, 0.15) is 6.61 Å². The van der Waals surface area contributed by atoms with Gasteiger partial charge in [-0.3, -0.25) is 0 Å². The molecule has 0 radical (unpaired) electrons. The second-order valence-electron chi connectivity index (χ2n) is 2.34. The second kappa shape index (κ2) is 9.28. The molecule has 78 valence electrons. The second-order valence-corrected chi connectivity index (χ2v) is 2.34. The van der Waals surface area contributed by atoms with Gasteiger partial charge in [-0.1, -0.05) is 0 Å². The summed E-state index contributed by atoms with van der Waals surface area (Å²) in [5.41, 5.74) is 0. The van der Waals surface area contributed by atoms with Gasteiger partial charge in [-0.25, -0.2) is 4.79 Å². The average molecular weight is 191 g/mol. The summed E-state index contributed by atoms with van der Waals surface area (Å²) in [6.45, 7) is 3.68. The predicted molar refractivity (Wildman–Crippen MR) is 47.5 cm³/mol. The Labute approximate surface area is 78.0 Å². The van der Waals surface area contributed by atoms with Gasteiger partial charge in [0.2, 0.25) is 0 Å². The highest BCUT2D eigenvalue weighted by atomic mass is 16.6. The van der Waals surface area contributed by atoms with Crippen LogP contribution in [0.25, 0.3) is 0 Å². The maximum atomic E-state index is 10.8. The molecule has 0 aromatic rings. The van der Waals surface area contributed by atoms with E-state index in [-0.39, 0.29) is 13.2 Å². The van der Waals surface area contributed by atoms with Gasteiger partial charge in [0.05, 0.1) is 6.61 Å². The van der Waals surface area contributed by atoms with Crippen LogP contribution in [0.5, 0.6) is 0 Å². The zero-order valence-electron chi connectivity index (χ0n) is 7.91. The first kappa shape index (κ1) is 12.2. The van der Waals surface area contributed by atoms with E-state index in [1.54, 1.807) is 0 Å².